The average Bonchev–Trinajstić information content (AvgIpc) is 3.41. The summed E-state index contributed by atoms with van der Waals surface area (Å²) >= 11 is 0. The zero-order valence-electron chi connectivity index (χ0n) is 17.1. The van der Waals surface area contributed by atoms with Gasteiger partial charge in [0.05, 0.1) is 24.5 Å². The molecule has 1 aliphatic carbocycles. The standard InChI is InChI=1S/C21H25N3O5S/c1-13-9-17(13)24-20(25)15-10-18(23-19(11-15)21(26)22-2)16(12-29-30(3,27)28)14-7-5-4-6-8-14/h4-8,10-11,13,16-17H,9,12H2,1-3H3,(H,22,26)(H,24,25)/t13-,16?,17-/m0/s1. The Morgan fingerprint density at radius 2 is 1.87 bits per heavy atom. The molecule has 1 saturated carbocycles. The monoisotopic (exact) mass is 431 g/mol. The number of nitrogens with zero attached hydrogens (tertiary/aromatic N) is 1. The van der Waals surface area contributed by atoms with Gasteiger partial charge in [0, 0.05) is 18.7 Å². The van der Waals surface area contributed by atoms with Gasteiger partial charge in [0.2, 0.25) is 0 Å². The minimum absolute atomic E-state index is 0.0734. The molecule has 3 atom stereocenters. The van der Waals surface area contributed by atoms with Crippen molar-refractivity contribution in [2.45, 2.75) is 25.3 Å². The van der Waals surface area contributed by atoms with Crippen LogP contribution in [0.2, 0.25) is 0 Å². The van der Waals surface area contributed by atoms with Crippen LogP contribution in [0.5, 0.6) is 0 Å². The summed E-state index contributed by atoms with van der Waals surface area (Å²) in [7, 11) is -2.22. The van der Waals surface area contributed by atoms with Gasteiger partial charge in [-0.3, -0.25) is 13.8 Å². The van der Waals surface area contributed by atoms with E-state index < -0.39 is 21.9 Å². The molecule has 3 rings (SSSR count). The molecular weight excluding hydrogens is 406 g/mol. The first-order valence-corrected chi connectivity index (χ1v) is 11.4. The summed E-state index contributed by atoms with van der Waals surface area (Å²) < 4.78 is 28.2. The molecule has 9 heteroatoms. The van der Waals surface area contributed by atoms with E-state index in [1.807, 2.05) is 37.3 Å². The average molecular weight is 432 g/mol. The Balaban J connectivity index is 2.02. The van der Waals surface area contributed by atoms with E-state index in [2.05, 4.69) is 15.6 Å². The topological polar surface area (TPSA) is 114 Å². The highest BCUT2D eigenvalue weighted by Gasteiger charge is 2.34. The third kappa shape index (κ3) is 5.64. The molecule has 2 aromatic rings. The molecule has 0 bridgehead atoms. The van der Waals surface area contributed by atoms with Crippen molar-refractivity contribution in [2.24, 2.45) is 5.92 Å². The maximum atomic E-state index is 12.7. The van der Waals surface area contributed by atoms with Gasteiger partial charge in [-0.1, -0.05) is 37.3 Å². The highest BCUT2D eigenvalue weighted by atomic mass is 32.2. The Morgan fingerprint density at radius 1 is 1.20 bits per heavy atom. The summed E-state index contributed by atoms with van der Waals surface area (Å²) in [6, 6.07) is 12.2. The second-order valence-electron chi connectivity index (χ2n) is 7.49. The Hall–Kier alpha value is -2.78. The lowest BCUT2D eigenvalue weighted by Gasteiger charge is -2.18. The summed E-state index contributed by atoms with van der Waals surface area (Å²) in [5, 5.41) is 5.45. The van der Waals surface area contributed by atoms with Gasteiger partial charge in [0.15, 0.2) is 0 Å². The summed E-state index contributed by atoms with van der Waals surface area (Å²) in [5.74, 6) is -0.902. The molecule has 2 amide bonds. The Morgan fingerprint density at radius 3 is 2.43 bits per heavy atom. The maximum absolute atomic E-state index is 12.7. The fourth-order valence-corrected chi connectivity index (χ4v) is 3.49. The fraction of sp³-hybridized carbons (Fsp3) is 0.381. The largest absolute Gasteiger partial charge is 0.354 e. The van der Waals surface area contributed by atoms with Crippen molar-refractivity contribution in [3.8, 4) is 0 Å². The van der Waals surface area contributed by atoms with E-state index in [0.29, 0.717) is 11.6 Å². The third-order valence-corrected chi connectivity index (χ3v) is 5.56. The lowest BCUT2D eigenvalue weighted by molar-refractivity contribution is 0.0949. The number of aromatic nitrogens is 1. The number of benzene rings is 1. The van der Waals surface area contributed by atoms with Gasteiger partial charge >= 0.3 is 0 Å². The lowest BCUT2D eigenvalue weighted by Crippen LogP contribution is -2.28. The van der Waals surface area contributed by atoms with Crippen LogP contribution in [0.15, 0.2) is 42.5 Å². The molecule has 0 saturated heterocycles. The molecule has 1 aliphatic rings. The van der Waals surface area contributed by atoms with Crippen LogP contribution in [0.1, 0.15) is 51.4 Å². The molecule has 1 aromatic carbocycles. The van der Waals surface area contributed by atoms with Crippen LogP contribution in [0.25, 0.3) is 0 Å². The van der Waals surface area contributed by atoms with Gasteiger partial charge in [-0.05, 0) is 30.0 Å². The number of carbonyl (C=O) groups is 2. The molecular formula is C21H25N3O5S. The minimum atomic E-state index is -3.69. The van der Waals surface area contributed by atoms with Gasteiger partial charge in [-0.25, -0.2) is 4.98 Å². The number of nitrogens with one attached hydrogen (secondary N) is 2. The van der Waals surface area contributed by atoms with E-state index in [1.54, 1.807) is 6.07 Å². The second kappa shape index (κ2) is 8.93. The first-order chi connectivity index (χ1) is 14.2. The van der Waals surface area contributed by atoms with Gasteiger partial charge in [-0.2, -0.15) is 8.42 Å². The number of hydrogen-bond acceptors (Lipinski definition) is 6. The van der Waals surface area contributed by atoms with E-state index in [1.165, 1.54) is 13.1 Å². The zero-order valence-corrected chi connectivity index (χ0v) is 17.9. The van der Waals surface area contributed by atoms with Crippen molar-refractivity contribution < 1.29 is 22.2 Å². The molecule has 2 N–H and O–H groups in total. The molecule has 1 aromatic heterocycles. The van der Waals surface area contributed by atoms with Crippen LogP contribution in [0, 0.1) is 5.92 Å². The van der Waals surface area contributed by atoms with Crippen LogP contribution in [-0.4, -0.2) is 51.2 Å². The molecule has 0 aliphatic heterocycles. The number of carbonyl (C=O) groups excluding carboxylic acids is 2. The van der Waals surface area contributed by atoms with Crippen molar-refractivity contribution in [2.75, 3.05) is 19.9 Å². The second-order valence-corrected chi connectivity index (χ2v) is 9.13. The van der Waals surface area contributed by atoms with Crippen molar-refractivity contribution in [1.82, 2.24) is 15.6 Å². The van der Waals surface area contributed by atoms with E-state index in [4.69, 9.17) is 4.18 Å². The molecule has 0 spiro atoms. The summed E-state index contributed by atoms with van der Waals surface area (Å²) in [4.78, 5) is 29.4. The number of pyridine rings is 1. The summed E-state index contributed by atoms with van der Waals surface area (Å²) in [6.07, 6.45) is 1.89. The number of hydrogen-bond donors (Lipinski definition) is 2. The van der Waals surface area contributed by atoms with Crippen molar-refractivity contribution >= 4 is 21.9 Å². The minimum Gasteiger partial charge on any atom is -0.354 e. The molecule has 1 heterocycles. The Bertz CT molecular complexity index is 1040. The zero-order chi connectivity index (χ0) is 21.9. The van der Waals surface area contributed by atoms with Crippen LogP contribution >= 0.6 is 0 Å². The number of amides is 2. The first kappa shape index (κ1) is 21.9. The molecule has 0 radical (unpaired) electrons. The van der Waals surface area contributed by atoms with E-state index in [-0.39, 0.29) is 29.8 Å². The first-order valence-electron chi connectivity index (χ1n) is 9.62. The molecule has 160 valence electrons. The number of rotatable bonds is 8. The maximum Gasteiger partial charge on any atom is 0.269 e. The van der Waals surface area contributed by atoms with Gasteiger partial charge in [0.1, 0.15) is 5.69 Å². The van der Waals surface area contributed by atoms with Crippen molar-refractivity contribution in [1.29, 1.82) is 0 Å². The predicted octanol–water partition coefficient (Wildman–Crippen LogP) is 1.69. The van der Waals surface area contributed by atoms with Gasteiger partial charge in [-0.15, -0.1) is 0 Å². The Labute approximate surface area is 176 Å². The lowest BCUT2D eigenvalue weighted by atomic mass is 9.94. The van der Waals surface area contributed by atoms with Gasteiger partial charge in [0.25, 0.3) is 21.9 Å². The van der Waals surface area contributed by atoms with Crippen LogP contribution in [0.4, 0.5) is 0 Å². The predicted molar refractivity (Wildman–Crippen MR) is 112 cm³/mol. The Kier molecular flexibility index (Phi) is 6.52. The van der Waals surface area contributed by atoms with Crippen molar-refractivity contribution in [3.05, 3.63) is 65.0 Å². The molecule has 1 fully saturated rings. The van der Waals surface area contributed by atoms with Crippen molar-refractivity contribution in [3.63, 3.8) is 0 Å². The van der Waals surface area contributed by atoms with Crippen LogP contribution in [0.3, 0.4) is 0 Å². The van der Waals surface area contributed by atoms with Crippen LogP contribution < -0.4 is 10.6 Å². The molecule has 8 nitrogen and oxygen atoms in total. The smallest absolute Gasteiger partial charge is 0.269 e. The molecule has 30 heavy (non-hydrogen) atoms. The SMILES string of the molecule is CNC(=O)c1cc(C(=O)N[C@H]2C[C@@H]2C)cc(C(COS(C)(=O)=O)c2ccccc2)n1. The van der Waals surface area contributed by atoms with E-state index >= 15 is 0 Å². The quantitative estimate of drug-likeness (QED) is 0.615. The fourth-order valence-electron chi connectivity index (χ4n) is 3.11. The molecule has 1 unspecified atom stereocenters. The normalized spacial score (nSPS) is 19.0. The van der Waals surface area contributed by atoms with Crippen LogP contribution in [-0.2, 0) is 14.3 Å². The van der Waals surface area contributed by atoms with Gasteiger partial charge < -0.3 is 10.6 Å². The summed E-state index contributed by atoms with van der Waals surface area (Å²) in [5.41, 5.74) is 1.49. The summed E-state index contributed by atoms with van der Waals surface area (Å²) in [6.45, 7) is 1.85. The highest BCUT2D eigenvalue weighted by molar-refractivity contribution is 7.85. The van der Waals surface area contributed by atoms with E-state index in [0.717, 1.165) is 18.2 Å². The highest BCUT2D eigenvalue weighted by Crippen LogP contribution is 2.30. The third-order valence-electron chi connectivity index (χ3n) is 5.00. The van der Waals surface area contributed by atoms with E-state index in [9.17, 15) is 18.0 Å².